The molecule has 0 aliphatic carbocycles. The highest BCUT2D eigenvalue weighted by molar-refractivity contribution is 5.93. The SMILES string of the molecule is O=Cc1cc([N+](=O)[O-])ccc1OC(=O)c1cccc([N+](=O)[O-])c1. The number of benzene rings is 2. The second kappa shape index (κ2) is 6.43. The summed E-state index contributed by atoms with van der Waals surface area (Å²) in [5, 5.41) is 21.3. The fraction of sp³-hybridized carbons (Fsp3) is 0. The third kappa shape index (κ3) is 3.53. The maximum atomic E-state index is 12.0. The molecule has 9 nitrogen and oxygen atoms in total. The average molecular weight is 316 g/mol. The molecule has 9 heteroatoms. The van der Waals surface area contributed by atoms with E-state index < -0.39 is 15.8 Å². The molecule has 0 aliphatic heterocycles. The van der Waals surface area contributed by atoms with Crippen LogP contribution in [0.2, 0.25) is 0 Å². The van der Waals surface area contributed by atoms with Crippen molar-refractivity contribution in [2.24, 2.45) is 0 Å². The van der Waals surface area contributed by atoms with Crippen molar-refractivity contribution in [2.45, 2.75) is 0 Å². The Morgan fingerprint density at radius 3 is 2.26 bits per heavy atom. The van der Waals surface area contributed by atoms with Gasteiger partial charge in [-0.1, -0.05) is 6.07 Å². The Balaban J connectivity index is 2.30. The maximum Gasteiger partial charge on any atom is 0.343 e. The molecule has 0 saturated carbocycles. The molecule has 23 heavy (non-hydrogen) atoms. The number of hydrogen-bond donors (Lipinski definition) is 0. The van der Waals surface area contributed by atoms with Gasteiger partial charge in [-0.2, -0.15) is 0 Å². The van der Waals surface area contributed by atoms with Crippen molar-refractivity contribution in [3.8, 4) is 5.75 Å². The van der Waals surface area contributed by atoms with Crippen molar-refractivity contribution in [3.63, 3.8) is 0 Å². The maximum absolute atomic E-state index is 12.0. The number of nitro benzene ring substituents is 2. The van der Waals surface area contributed by atoms with Gasteiger partial charge >= 0.3 is 5.97 Å². The lowest BCUT2D eigenvalue weighted by atomic mass is 10.2. The van der Waals surface area contributed by atoms with E-state index in [-0.39, 0.29) is 28.3 Å². The Hall–Kier alpha value is -3.62. The number of rotatable bonds is 5. The lowest BCUT2D eigenvalue weighted by Crippen LogP contribution is -2.10. The summed E-state index contributed by atoms with van der Waals surface area (Å²) in [6.45, 7) is 0. The van der Waals surface area contributed by atoms with Crippen molar-refractivity contribution < 1.29 is 24.2 Å². The number of carbonyl (C=O) groups excluding carboxylic acids is 2. The predicted octanol–water partition coefficient (Wildman–Crippen LogP) is 2.53. The number of hydrogen-bond acceptors (Lipinski definition) is 7. The number of nitro groups is 2. The van der Waals surface area contributed by atoms with Gasteiger partial charge in [-0.15, -0.1) is 0 Å². The summed E-state index contributed by atoms with van der Waals surface area (Å²) in [7, 11) is 0. The lowest BCUT2D eigenvalue weighted by molar-refractivity contribution is -0.385. The summed E-state index contributed by atoms with van der Waals surface area (Å²) in [4.78, 5) is 42.9. The molecule has 0 aliphatic rings. The van der Waals surface area contributed by atoms with E-state index in [1.54, 1.807) is 0 Å². The van der Waals surface area contributed by atoms with E-state index in [0.717, 1.165) is 24.3 Å². The van der Waals surface area contributed by atoms with Crippen molar-refractivity contribution >= 4 is 23.6 Å². The summed E-state index contributed by atoms with van der Waals surface area (Å²) in [6, 6.07) is 7.99. The Morgan fingerprint density at radius 2 is 1.65 bits per heavy atom. The van der Waals surface area contributed by atoms with Gasteiger partial charge in [0.2, 0.25) is 0 Å². The number of aldehydes is 1. The van der Waals surface area contributed by atoms with Gasteiger partial charge in [0.05, 0.1) is 21.0 Å². The molecule has 0 fully saturated rings. The molecule has 2 aromatic rings. The standard InChI is InChI=1S/C14H8N2O7/c17-8-10-7-12(16(21)22)4-5-13(10)23-14(18)9-2-1-3-11(6-9)15(19)20/h1-8H. The van der Waals surface area contributed by atoms with E-state index in [4.69, 9.17) is 4.74 Å². The summed E-state index contributed by atoms with van der Waals surface area (Å²) >= 11 is 0. The van der Waals surface area contributed by atoms with Crippen LogP contribution in [0.5, 0.6) is 5.75 Å². The van der Waals surface area contributed by atoms with Crippen LogP contribution in [0.1, 0.15) is 20.7 Å². The molecular weight excluding hydrogens is 308 g/mol. The average Bonchev–Trinajstić information content (AvgIpc) is 2.55. The van der Waals surface area contributed by atoms with E-state index in [1.807, 2.05) is 0 Å². The van der Waals surface area contributed by atoms with Crippen molar-refractivity contribution in [1.82, 2.24) is 0 Å². The number of esters is 1. The normalized spacial score (nSPS) is 9.91. The molecule has 0 spiro atoms. The molecule has 0 N–H and O–H groups in total. The monoisotopic (exact) mass is 316 g/mol. The summed E-state index contributed by atoms with van der Waals surface area (Å²) < 4.78 is 4.98. The molecule has 0 radical (unpaired) electrons. The Labute approximate surface area is 128 Å². The highest BCUT2D eigenvalue weighted by Gasteiger charge is 2.17. The summed E-state index contributed by atoms with van der Waals surface area (Å²) in [5.74, 6) is -1.10. The molecule has 2 aromatic carbocycles. The second-order valence-electron chi connectivity index (χ2n) is 4.29. The molecule has 0 unspecified atom stereocenters. The zero-order valence-corrected chi connectivity index (χ0v) is 11.4. The summed E-state index contributed by atoms with van der Waals surface area (Å²) in [5.41, 5.74) is -0.895. The van der Waals surface area contributed by atoms with Crippen LogP contribution < -0.4 is 4.74 Å². The molecule has 116 valence electrons. The zero-order chi connectivity index (χ0) is 17.0. The lowest BCUT2D eigenvalue weighted by Gasteiger charge is -2.06. The topological polar surface area (TPSA) is 130 Å². The quantitative estimate of drug-likeness (QED) is 0.272. The van der Waals surface area contributed by atoms with Gasteiger partial charge in [-0.25, -0.2) is 4.79 Å². The van der Waals surface area contributed by atoms with Gasteiger partial charge in [0.25, 0.3) is 11.4 Å². The summed E-state index contributed by atoms with van der Waals surface area (Å²) in [6.07, 6.45) is 0.309. The van der Waals surface area contributed by atoms with E-state index in [0.29, 0.717) is 6.29 Å². The van der Waals surface area contributed by atoms with Gasteiger partial charge < -0.3 is 4.74 Å². The number of non-ortho nitro benzene ring substituents is 2. The first-order valence-corrected chi connectivity index (χ1v) is 6.12. The first-order chi connectivity index (χ1) is 10.9. The van der Waals surface area contributed by atoms with Crippen LogP contribution in [-0.2, 0) is 0 Å². The molecule has 0 aromatic heterocycles. The Kier molecular flexibility index (Phi) is 4.41. The fourth-order valence-corrected chi connectivity index (χ4v) is 1.74. The Morgan fingerprint density at radius 1 is 1.00 bits per heavy atom. The first kappa shape index (κ1) is 15.8. The fourth-order valence-electron chi connectivity index (χ4n) is 1.74. The predicted molar refractivity (Wildman–Crippen MR) is 76.5 cm³/mol. The highest BCUT2D eigenvalue weighted by atomic mass is 16.6. The molecule has 2 rings (SSSR count). The van der Waals surface area contributed by atoms with Crippen LogP contribution >= 0.6 is 0 Å². The van der Waals surface area contributed by atoms with E-state index in [2.05, 4.69) is 0 Å². The molecule has 0 heterocycles. The van der Waals surface area contributed by atoms with Gasteiger partial charge in [0.1, 0.15) is 5.75 Å². The zero-order valence-electron chi connectivity index (χ0n) is 11.4. The van der Waals surface area contributed by atoms with Crippen molar-refractivity contribution in [1.29, 1.82) is 0 Å². The third-order valence-corrected chi connectivity index (χ3v) is 2.83. The molecule has 0 atom stereocenters. The first-order valence-electron chi connectivity index (χ1n) is 6.12. The highest BCUT2D eigenvalue weighted by Crippen LogP contribution is 2.24. The van der Waals surface area contributed by atoms with Gasteiger partial charge in [-0.3, -0.25) is 25.0 Å². The number of carbonyl (C=O) groups is 2. The van der Waals surface area contributed by atoms with Crippen LogP contribution in [-0.4, -0.2) is 22.1 Å². The number of nitrogens with zero attached hydrogens (tertiary/aromatic N) is 2. The largest absolute Gasteiger partial charge is 0.422 e. The smallest absolute Gasteiger partial charge is 0.343 e. The molecule has 0 bridgehead atoms. The van der Waals surface area contributed by atoms with Crippen LogP contribution in [0.3, 0.4) is 0 Å². The van der Waals surface area contributed by atoms with E-state index in [9.17, 15) is 29.8 Å². The minimum atomic E-state index is -0.925. The minimum Gasteiger partial charge on any atom is -0.422 e. The Bertz CT molecular complexity index is 817. The molecule has 0 amide bonds. The van der Waals surface area contributed by atoms with Crippen molar-refractivity contribution in [3.05, 3.63) is 73.8 Å². The van der Waals surface area contributed by atoms with E-state index in [1.165, 1.54) is 18.2 Å². The van der Waals surface area contributed by atoms with Gasteiger partial charge in [-0.05, 0) is 12.1 Å². The number of ether oxygens (including phenoxy) is 1. The van der Waals surface area contributed by atoms with Crippen LogP contribution in [0.25, 0.3) is 0 Å². The van der Waals surface area contributed by atoms with E-state index >= 15 is 0 Å². The van der Waals surface area contributed by atoms with Crippen LogP contribution in [0, 0.1) is 20.2 Å². The van der Waals surface area contributed by atoms with Crippen molar-refractivity contribution in [2.75, 3.05) is 0 Å². The molecule has 0 saturated heterocycles. The van der Waals surface area contributed by atoms with Gasteiger partial charge in [0, 0.05) is 24.3 Å². The molecular formula is C14H8N2O7. The third-order valence-electron chi connectivity index (χ3n) is 2.83. The minimum absolute atomic E-state index is 0.0885. The van der Waals surface area contributed by atoms with Crippen LogP contribution in [0.15, 0.2) is 42.5 Å². The van der Waals surface area contributed by atoms with Crippen LogP contribution in [0.4, 0.5) is 11.4 Å². The second-order valence-corrected chi connectivity index (χ2v) is 4.29. The van der Waals surface area contributed by atoms with Gasteiger partial charge in [0.15, 0.2) is 6.29 Å².